The highest BCUT2D eigenvalue weighted by Crippen LogP contribution is 2.32. The first kappa shape index (κ1) is 13.5. The zero-order valence-electron chi connectivity index (χ0n) is 10.9. The van der Waals surface area contributed by atoms with Crippen LogP contribution < -0.4 is 4.90 Å². The third kappa shape index (κ3) is 2.57. The number of fused-ring (bicyclic) bond motifs is 1. The molecule has 0 aliphatic rings. The lowest BCUT2D eigenvalue weighted by molar-refractivity contribution is 0.178. The van der Waals surface area contributed by atoms with Gasteiger partial charge in [-0.2, -0.15) is 0 Å². The quantitative estimate of drug-likeness (QED) is 0.786. The van der Waals surface area contributed by atoms with Gasteiger partial charge >= 0.3 is 0 Å². The Labute approximate surface area is 115 Å². The molecule has 0 unspecified atom stereocenters. The summed E-state index contributed by atoms with van der Waals surface area (Å²) in [5.74, 6) is 1.62. The Hall–Kier alpha value is -0.920. The molecule has 5 nitrogen and oxygen atoms in total. The van der Waals surface area contributed by atoms with E-state index >= 15 is 0 Å². The van der Waals surface area contributed by atoms with Gasteiger partial charge in [0, 0.05) is 20.7 Å². The maximum Gasteiger partial charge on any atom is 0.177 e. The summed E-state index contributed by atoms with van der Waals surface area (Å²) in [6, 6.07) is 0. The van der Waals surface area contributed by atoms with E-state index in [4.69, 9.17) is 4.74 Å². The molecule has 0 aromatic carbocycles. The van der Waals surface area contributed by atoms with Crippen molar-refractivity contribution in [1.82, 2.24) is 15.0 Å². The molecule has 7 heteroatoms. The van der Waals surface area contributed by atoms with E-state index in [2.05, 4.69) is 26.8 Å². The van der Waals surface area contributed by atoms with Crippen molar-refractivity contribution in [3.63, 3.8) is 0 Å². The molecule has 0 bridgehead atoms. The smallest absolute Gasteiger partial charge is 0.177 e. The van der Waals surface area contributed by atoms with Crippen LogP contribution in [0.15, 0.2) is 4.34 Å². The van der Waals surface area contributed by atoms with E-state index in [1.807, 2.05) is 13.3 Å². The van der Waals surface area contributed by atoms with Gasteiger partial charge in [0.2, 0.25) is 0 Å². The van der Waals surface area contributed by atoms with Crippen LogP contribution in [0.5, 0.6) is 0 Å². The number of aromatic nitrogens is 3. The molecule has 0 saturated carbocycles. The molecule has 0 saturated heterocycles. The molecular formula is C11H16N4OS2. The predicted molar refractivity (Wildman–Crippen MR) is 76.6 cm³/mol. The highest BCUT2D eigenvalue weighted by Gasteiger charge is 2.15. The molecule has 18 heavy (non-hydrogen) atoms. The number of rotatable bonds is 5. The average molecular weight is 284 g/mol. The fourth-order valence-electron chi connectivity index (χ4n) is 1.52. The molecule has 0 fully saturated rings. The van der Waals surface area contributed by atoms with E-state index < -0.39 is 0 Å². The third-order valence-electron chi connectivity index (χ3n) is 2.55. The van der Waals surface area contributed by atoms with Gasteiger partial charge in [0.15, 0.2) is 21.6 Å². The molecule has 0 aliphatic heterocycles. The van der Waals surface area contributed by atoms with Gasteiger partial charge in [0.05, 0.1) is 0 Å². The Morgan fingerprint density at radius 2 is 2.11 bits per heavy atom. The van der Waals surface area contributed by atoms with E-state index in [0.717, 1.165) is 27.0 Å². The van der Waals surface area contributed by atoms with Crippen molar-refractivity contribution in [2.45, 2.75) is 17.9 Å². The van der Waals surface area contributed by atoms with Crippen molar-refractivity contribution in [3.05, 3.63) is 5.82 Å². The SMILES string of the molecule is CCN(C)c1nc(COC)nc2nc(SC)sc12. The summed E-state index contributed by atoms with van der Waals surface area (Å²) in [7, 11) is 3.67. The zero-order valence-corrected chi connectivity index (χ0v) is 12.6. The van der Waals surface area contributed by atoms with Crippen LogP contribution in [0.4, 0.5) is 5.82 Å². The Morgan fingerprint density at radius 1 is 1.33 bits per heavy atom. The molecule has 0 aliphatic carbocycles. The minimum absolute atomic E-state index is 0.409. The van der Waals surface area contributed by atoms with Crippen LogP contribution in [0.2, 0.25) is 0 Å². The largest absolute Gasteiger partial charge is 0.377 e. The van der Waals surface area contributed by atoms with E-state index in [-0.39, 0.29) is 0 Å². The van der Waals surface area contributed by atoms with Gasteiger partial charge in [0.25, 0.3) is 0 Å². The monoisotopic (exact) mass is 284 g/mol. The van der Waals surface area contributed by atoms with E-state index in [9.17, 15) is 0 Å². The molecule has 98 valence electrons. The van der Waals surface area contributed by atoms with Gasteiger partial charge in [0.1, 0.15) is 11.3 Å². The number of thioether (sulfide) groups is 1. The number of hydrogen-bond acceptors (Lipinski definition) is 7. The molecule has 2 rings (SSSR count). The highest BCUT2D eigenvalue weighted by atomic mass is 32.2. The topological polar surface area (TPSA) is 51.1 Å². The maximum atomic E-state index is 5.11. The minimum Gasteiger partial charge on any atom is -0.377 e. The number of nitrogens with zero attached hydrogens (tertiary/aromatic N) is 4. The molecule has 2 aromatic rings. The number of anilines is 1. The summed E-state index contributed by atoms with van der Waals surface area (Å²) < 4.78 is 7.16. The lowest BCUT2D eigenvalue weighted by atomic mass is 10.4. The second kappa shape index (κ2) is 5.81. The molecule has 0 atom stereocenters. The molecule has 2 heterocycles. The minimum atomic E-state index is 0.409. The Kier molecular flexibility index (Phi) is 4.36. The summed E-state index contributed by atoms with van der Waals surface area (Å²) in [5.41, 5.74) is 0.765. The summed E-state index contributed by atoms with van der Waals surface area (Å²) >= 11 is 3.27. The normalized spacial score (nSPS) is 11.1. The zero-order chi connectivity index (χ0) is 13.1. The Balaban J connectivity index is 2.58. The van der Waals surface area contributed by atoms with Gasteiger partial charge < -0.3 is 9.64 Å². The molecular weight excluding hydrogens is 268 g/mol. The number of thiazole rings is 1. The standard InChI is InChI=1S/C11H16N4OS2/c1-5-15(2)10-8-9(14-11(17-4)18-8)12-7(13-10)6-16-3/h5-6H2,1-4H3. The fourth-order valence-corrected chi connectivity index (χ4v) is 3.07. The van der Waals surface area contributed by atoms with Crippen molar-refractivity contribution >= 4 is 39.3 Å². The second-order valence-corrected chi connectivity index (χ2v) is 5.80. The van der Waals surface area contributed by atoms with Crippen LogP contribution in [0.1, 0.15) is 12.7 Å². The van der Waals surface area contributed by atoms with Gasteiger partial charge in [-0.25, -0.2) is 15.0 Å². The van der Waals surface area contributed by atoms with Gasteiger partial charge in [-0.3, -0.25) is 0 Å². The summed E-state index contributed by atoms with van der Waals surface area (Å²) in [5, 5.41) is 0. The number of ether oxygens (including phenoxy) is 1. The van der Waals surface area contributed by atoms with Crippen LogP contribution in [-0.2, 0) is 11.3 Å². The van der Waals surface area contributed by atoms with Crippen molar-refractivity contribution in [2.75, 3.05) is 31.9 Å². The highest BCUT2D eigenvalue weighted by molar-refractivity contribution is 8.00. The van der Waals surface area contributed by atoms with Crippen LogP contribution in [0.25, 0.3) is 10.3 Å². The van der Waals surface area contributed by atoms with E-state index in [0.29, 0.717) is 12.4 Å². The second-order valence-electron chi connectivity index (χ2n) is 3.75. The van der Waals surface area contributed by atoms with Crippen LogP contribution in [-0.4, -0.2) is 41.9 Å². The van der Waals surface area contributed by atoms with E-state index in [1.165, 1.54) is 0 Å². The molecule has 0 radical (unpaired) electrons. The van der Waals surface area contributed by atoms with Crippen LogP contribution in [0, 0.1) is 0 Å². The average Bonchev–Trinajstić information content (AvgIpc) is 2.80. The van der Waals surface area contributed by atoms with Crippen molar-refractivity contribution < 1.29 is 4.74 Å². The lowest BCUT2D eigenvalue weighted by Crippen LogP contribution is -2.18. The summed E-state index contributed by atoms with van der Waals surface area (Å²) in [4.78, 5) is 15.6. The summed E-state index contributed by atoms with van der Waals surface area (Å²) in [6.45, 7) is 3.40. The molecule has 0 amide bonds. The maximum absolute atomic E-state index is 5.11. The Morgan fingerprint density at radius 3 is 2.72 bits per heavy atom. The predicted octanol–water partition coefficient (Wildman–Crippen LogP) is 2.41. The molecule has 0 N–H and O–H groups in total. The van der Waals surface area contributed by atoms with Crippen molar-refractivity contribution in [2.24, 2.45) is 0 Å². The lowest BCUT2D eigenvalue weighted by Gasteiger charge is -2.16. The number of methoxy groups -OCH3 is 1. The van der Waals surface area contributed by atoms with Crippen molar-refractivity contribution in [3.8, 4) is 0 Å². The molecule has 0 spiro atoms. The van der Waals surface area contributed by atoms with E-state index in [1.54, 1.807) is 30.2 Å². The first-order valence-corrected chi connectivity index (χ1v) is 7.65. The summed E-state index contributed by atoms with van der Waals surface area (Å²) in [6.07, 6.45) is 2.02. The fraction of sp³-hybridized carbons (Fsp3) is 0.545. The first-order chi connectivity index (χ1) is 8.69. The van der Waals surface area contributed by atoms with Crippen LogP contribution >= 0.6 is 23.1 Å². The molecule has 2 aromatic heterocycles. The van der Waals surface area contributed by atoms with Gasteiger partial charge in [-0.1, -0.05) is 11.8 Å². The number of hydrogen-bond donors (Lipinski definition) is 0. The van der Waals surface area contributed by atoms with Gasteiger partial charge in [-0.05, 0) is 13.2 Å². The third-order valence-corrected chi connectivity index (χ3v) is 4.57. The van der Waals surface area contributed by atoms with Crippen LogP contribution in [0.3, 0.4) is 0 Å². The van der Waals surface area contributed by atoms with Gasteiger partial charge in [-0.15, -0.1) is 11.3 Å². The van der Waals surface area contributed by atoms with Crippen molar-refractivity contribution in [1.29, 1.82) is 0 Å². The Bertz CT molecular complexity index is 543. The first-order valence-electron chi connectivity index (χ1n) is 5.61.